The van der Waals surface area contributed by atoms with Crippen LogP contribution in [-0.2, 0) is 24.6 Å². The maximum atomic E-state index is 13.1. The quantitative estimate of drug-likeness (QED) is 0.288. The summed E-state index contributed by atoms with van der Waals surface area (Å²) in [6.07, 6.45) is -1.71. The number of aromatic nitrogens is 2. The van der Waals surface area contributed by atoms with Crippen LogP contribution in [0.4, 0.5) is 13.2 Å². The Balaban J connectivity index is 0.00000342. The first-order chi connectivity index (χ1) is 16.3. The van der Waals surface area contributed by atoms with Gasteiger partial charge in [0.2, 0.25) is 0 Å². The molecule has 3 aromatic carbocycles. The van der Waals surface area contributed by atoms with Gasteiger partial charge in [-0.25, -0.2) is 4.98 Å². The molecule has 0 aliphatic heterocycles. The Morgan fingerprint density at radius 3 is 2.46 bits per heavy atom. The molecule has 0 amide bonds. The first-order valence-electron chi connectivity index (χ1n) is 10.6. The predicted octanol–water partition coefficient (Wildman–Crippen LogP) is 7.01. The average molecular weight is 498 g/mol. The van der Waals surface area contributed by atoms with Crippen molar-refractivity contribution >= 4 is 12.4 Å². The van der Waals surface area contributed by atoms with E-state index in [9.17, 15) is 18.4 Å². The molecule has 1 heterocycles. The molecule has 4 nitrogen and oxygen atoms in total. The van der Waals surface area contributed by atoms with Gasteiger partial charge in [0.1, 0.15) is 6.10 Å². The average Bonchev–Trinajstić information content (AvgIpc) is 3.24. The van der Waals surface area contributed by atoms with Crippen molar-refractivity contribution in [2.45, 2.75) is 25.8 Å². The van der Waals surface area contributed by atoms with Gasteiger partial charge < -0.3 is 9.30 Å². The first kappa shape index (κ1) is 26.0. The molecule has 0 aliphatic carbocycles. The van der Waals surface area contributed by atoms with Crippen molar-refractivity contribution in [2.75, 3.05) is 0 Å². The molecule has 0 saturated heterocycles. The number of rotatable bonds is 6. The lowest BCUT2D eigenvalue weighted by atomic mass is 9.93. The molecule has 8 heteroatoms. The summed E-state index contributed by atoms with van der Waals surface area (Å²) >= 11 is 0. The number of nitriles is 1. The highest BCUT2D eigenvalue weighted by Gasteiger charge is 2.30. The van der Waals surface area contributed by atoms with Gasteiger partial charge in [-0.05, 0) is 53.4 Å². The Bertz CT molecular complexity index is 1360. The molecular weight excluding hydrogens is 475 g/mol. The molecule has 0 spiro atoms. The number of ether oxygens (including phenoxy) is 1. The van der Waals surface area contributed by atoms with E-state index in [1.165, 1.54) is 6.07 Å². The van der Waals surface area contributed by atoms with Crippen LogP contribution >= 0.6 is 12.4 Å². The van der Waals surface area contributed by atoms with E-state index in [1.54, 1.807) is 24.7 Å². The predicted molar refractivity (Wildman–Crippen MR) is 130 cm³/mol. The van der Waals surface area contributed by atoms with Gasteiger partial charge in [0.15, 0.2) is 0 Å². The maximum absolute atomic E-state index is 13.1. The van der Waals surface area contributed by atoms with Gasteiger partial charge in [-0.1, -0.05) is 42.5 Å². The summed E-state index contributed by atoms with van der Waals surface area (Å²) in [5.41, 5.74) is 4.47. The Morgan fingerprint density at radius 1 is 1.03 bits per heavy atom. The van der Waals surface area contributed by atoms with E-state index in [2.05, 4.69) is 11.1 Å². The van der Waals surface area contributed by atoms with Crippen molar-refractivity contribution in [3.8, 4) is 17.2 Å². The smallest absolute Gasteiger partial charge is 0.363 e. The highest BCUT2D eigenvalue weighted by molar-refractivity contribution is 5.85. The van der Waals surface area contributed by atoms with E-state index in [0.717, 1.165) is 40.1 Å². The summed E-state index contributed by atoms with van der Waals surface area (Å²) in [5, 5.41) is 9.68. The summed E-state index contributed by atoms with van der Waals surface area (Å²) in [6.45, 7) is 1.95. The Labute approximate surface area is 208 Å². The number of imidazole rings is 1. The SMILES string of the molecule is Cc1ccccc1-c1cc(C(OCc2cccc(C(F)(F)F)c2)c2cncn2C)ccc1C#N.Cl. The first-order valence-corrected chi connectivity index (χ1v) is 10.6. The van der Waals surface area contributed by atoms with Crippen LogP contribution in [0.15, 0.2) is 79.3 Å². The standard InChI is InChI=1S/C27H22F3N3O.ClH/c1-18-6-3-4-9-23(18)24-13-20(10-11-21(24)14-31)26(25-15-32-17-33(25)2)34-16-19-7-5-8-22(12-19)27(28,29)30;/h3-13,15,17,26H,16H2,1-2H3;1H. The van der Waals surface area contributed by atoms with Crippen molar-refractivity contribution in [2.24, 2.45) is 7.05 Å². The van der Waals surface area contributed by atoms with Crippen LogP contribution in [-0.4, -0.2) is 9.55 Å². The molecule has 0 bridgehead atoms. The fourth-order valence-corrected chi connectivity index (χ4v) is 3.91. The summed E-state index contributed by atoms with van der Waals surface area (Å²) in [6, 6.07) is 20.6. The van der Waals surface area contributed by atoms with Crippen LogP contribution in [0.1, 0.15) is 39.6 Å². The normalized spacial score (nSPS) is 12.0. The lowest BCUT2D eigenvalue weighted by molar-refractivity contribution is -0.137. The van der Waals surface area contributed by atoms with Crippen LogP contribution < -0.4 is 0 Å². The number of alkyl halides is 3. The van der Waals surface area contributed by atoms with Crippen LogP contribution in [0.25, 0.3) is 11.1 Å². The lowest BCUT2D eigenvalue weighted by Crippen LogP contribution is -2.11. The molecule has 0 fully saturated rings. The van der Waals surface area contributed by atoms with Crippen molar-refractivity contribution in [1.82, 2.24) is 9.55 Å². The Morgan fingerprint density at radius 2 is 1.80 bits per heavy atom. The number of hydrogen-bond acceptors (Lipinski definition) is 3. The van der Waals surface area contributed by atoms with Gasteiger partial charge in [0.25, 0.3) is 0 Å². The largest absolute Gasteiger partial charge is 0.416 e. The third-order valence-electron chi connectivity index (χ3n) is 5.70. The summed E-state index contributed by atoms with van der Waals surface area (Å²) < 4.78 is 47.4. The molecule has 0 N–H and O–H groups in total. The van der Waals surface area contributed by atoms with E-state index >= 15 is 0 Å². The van der Waals surface area contributed by atoms with Crippen LogP contribution in [0.2, 0.25) is 0 Å². The molecule has 4 aromatic rings. The van der Waals surface area contributed by atoms with Crippen molar-refractivity contribution < 1.29 is 17.9 Å². The number of nitrogens with zero attached hydrogens (tertiary/aromatic N) is 3. The van der Waals surface area contributed by atoms with Crippen molar-refractivity contribution in [3.63, 3.8) is 0 Å². The van der Waals surface area contributed by atoms with Gasteiger partial charge in [-0.3, -0.25) is 0 Å². The van der Waals surface area contributed by atoms with Gasteiger partial charge in [-0.2, -0.15) is 18.4 Å². The molecule has 35 heavy (non-hydrogen) atoms. The zero-order valence-electron chi connectivity index (χ0n) is 19.1. The molecule has 180 valence electrons. The topological polar surface area (TPSA) is 50.8 Å². The van der Waals surface area contributed by atoms with E-state index in [-0.39, 0.29) is 19.0 Å². The maximum Gasteiger partial charge on any atom is 0.416 e. The molecule has 1 atom stereocenters. The van der Waals surface area contributed by atoms with Gasteiger partial charge in [-0.15, -0.1) is 12.4 Å². The highest BCUT2D eigenvalue weighted by Crippen LogP contribution is 2.34. The summed E-state index contributed by atoms with van der Waals surface area (Å²) in [5.74, 6) is 0. The zero-order chi connectivity index (χ0) is 24.3. The zero-order valence-corrected chi connectivity index (χ0v) is 19.9. The van der Waals surface area contributed by atoms with Crippen molar-refractivity contribution in [1.29, 1.82) is 5.26 Å². The Kier molecular flexibility index (Phi) is 8.00. The number of aryl methyl sites for hydroxylation is 2. The summed E-state index contributed by atoms with van der Waals surface area (Å²) in [4.78, 5) is 4.18. The lowest BCUT2D eigenvalue weighted by Gasteiger charge is -2.21. The molecule has 0 aliphatic rings. The summed E-state index contributed by atoms with van der Waals surface area (Å²) in [7, 11) is 1.83. The van der Waals surface area contributed by atoms with E-state index < -0.39 is 17.8 Å². The monoisotopic (exact) mass is 497 g/mol. The van der Waals surface area contributed by atoms with E-state index in [0.29, 0.717) is 11.1 Å². The minimum absolute atomic E-state index is 0. The molecule has 1 aromatic heterocycles. The molecular formula is C27H23ClF3N3O. The van der Waals surface area contributed by atoms with Crippen LogP contribution in [0, 0.1) is 18.3 Å². The van der Waals surface area contributed by atoms with E-state index in [1.807, 2.05) is 54.9 Å². The highest BCUT2D eigenvalue weighted by atomic mass is 35.5. The van der Waals surface area contributed by atoms with E-state index in [4.69, 9.17) is 4.74 Å². The van der Waals surface area contributed by atoms with Crippen molar-refractivity contribution in [3.05, 3.63) is 113 Å². The molecule has 1 unspecified atom stereocenters. The van der Waals surface area contributed by atoms with Crippen LogP contribution in [0.3, 0.4) is 0 Å². The molecule has 0 saturated carbocycles. The third-order valence-corrected chi connectivity index (χ3v) is 5.70. The second-order valence-corrected chi connectivity index (χ2v) is 8.05. The van der Waals surface area contributed by atoms with Crippen LogP contribution in [0.5, 0.6) is 0 Å². The minimum atomic E-state index is -4.42. The fraction of sp³-hybridized carbons (Fsp3) is 0.185. The number of halogens is 4. The second-order valence-electron chi connectivity index (χ2n) is 8.05. The second kappa shape index (κ2) is 10.8. The van der Waals surface area contributed by atoms with Gasteiger partial charge in [0, 0.05) is 12.6 Å². The number of hydrogen-bond donors (Lipinski definition) is 0. The Hall–Kier alpha value is -3.60. The minimum Gasteiger partial charge on any atom is -0.363 e. The third kappa shape index (κ3) is 5.73. The molecule has 4 rings (SSSR count). The number of benzene rings is 3. The van der Waals surface area contributed by atoms with Gasteiger partial charge >= 0.3 is 6.18 Å². The van der Waals surface area contributed by atoms with Gasteiger partial charge in [0.05, 0.1) is 42.0 Å². The fourth-order valence-electron chi connectivity index (χ4n) is 3.91. The molecule has 0 radical (unpaired) electrons.